The Kier molecular flexibility index (Phi) is 4.06. The molecule has 2 aromatic rings. The van der Waals surface area contributed by atoms with Gasteiger partial charge in [-0.15, -0.1) is 0 Å². The van der Waals surface area contributed by atoms with Gasteiger partial charge in [-0.05, 0) is 53.8 Å². The number of hydrogen-bond donors (Lipinski definition) is 1. The van der Waals surface area contributed by atoms with Crippen LogP contribution in [0.15, 0.2) is 36.4 Å². The van der Waals surface area contributed by atoms with Crippen molar-refractivity contribution in [2.24, 2.45) is 0 Å². The summed E-state index contributed by atoms with van der Waals surface area (Å²) in [7, 11) is 0. The van der Waals surface area contributed by atoms with Crippen LogP contribution in [0.2, 0.25) is 0 Å². The second-order valence-corrected chi connectivity index (χ2v) is 7.46. The van der Waals surface area contributed by atoms with E-state index in [1.54, 1.807) is 6.07 Å². The SMILES string of the molecule is Fc1ccc(-c2ccc3c(c2)C2(CCCCC2)C(=S)N3)cc1C(F)(F)F. The minimum Gasteiger partial charge on any atom is -0.349 e. The predicted octanol–water partition coefficient (Wildman–Crippen LogP) is 6.47. The van der Waals surface area contributed by atoms with Crippen LogP contribution in [-0.2, 0) is 11.6 Å². The van der Waals surface area contributed by atoms with Gasteiger partial charge in [0.25, 0.3) is 0 Å². The molecule has 2 aromatic carbocycles. The summed E-state index contributed by atoms with van der Waals surface area (Å²) in [6.45, 7) is 0. The molecule has 1 spiro atoms. The molecule has 6 heteroatoms. The third-order valence-electron chi connectivity index (χ3n) is 5.53. The first-order chi connectivity index (χ1) is 12.3. The lowest BCUT2D eigenvalue weighted by Crippen LogP contribution is -2.35. The van der Waals surface area contributed by atoms with Crippen LogP contribution in [0.25, 0.3) is 11.1 Å². The lowest BCUT2D eigenvalue weighted by molar-refractivity contribution is -0.139. The second kappa shape index (κ2) is 6.05. The van der Waals surface area contributed by atoms with E-state index in [0.717, 1.165) is 54.1 Å². The van der Waals surface area contributed by atoms with Crippen molar-refractivity contribution in [2.45, 2.75) is 43.7 Å². The third-order valence-corrected chi connectivity index (χ3v) is 6.02. The van der Waals surface area contributed by atoms with Gasteiger partial charge in [-0.25, -0.2) is 4.39 Å². The fraction of sp³-hybridized carbons (Fsp3) is 0.350. The Morgan fingerprint density at radius 3 is 2.27 bits per heavy atom. The summed E-state index contributed by atoms with van der Waals surface area (Å²) in [6.07, 6.45) is 0.524. The maximum Gasteiger partial charge on any atom is 0.419 e. The molecule has 0 atom stereocenters. The molecule has 136 valence electrons. The van der Waals surface area contributed by atoms with Gasteiger partial charge in [-0.3, -0.25) is 0 Å². The van der Waals surface area contributed by atoms with Crippen molar-refractivity contribution < 1.29 is 17.6 Å². The van der Waals surface area contributed by atoms with E-state index in [-0.39, 0.29) is 5.41 Å². The first-order valence-electron chi connectivity index (χ1n) is 8.64. The number of alkyl halides is 3. The van der Waals surface area contributed by atoms with E-state index in [4.69, 9.17) is 12.2 Å². The highest BCUT2D eigenvalue weighted by atomic mass is 32.1. The highest BCUT2D eigenvalue weighted by Crippen LogP contribution is 2.49. The minimum absolute atomic E-state index is 0.216. The molecule has 0 radical (unpaired) electrons. The molecule has 0 aromatic heterocycles. The van der Waals surface area contributed by atoms with Gasteiger partial charge in [0.15, 0.2) is 0 Å². The predicted molar refractivity (Wildman–Crippen MR) is 97.8 cm³/mol. The van der Waals surface area contributed by atoms with E-state index in [0.29, 0.717) is 11.1 Å². The molecular weight excluding hydrogens is 362 g/mol. The number of anilines is 1. The third kappa shape index (κ3) is 2.71. The zero-order valence-corrected chi connectivity index (χ0v) is 14.7. The zero-order valence-electron chi connectivity index (χ0n) is 13.9. The van der Waals surface area contributed by atoms with Gasteiger partial charge < -0.3 is 5.32 Å². The molecule has 1 aliphatic heterocycles. The summed E-state index contributed by atoms with van der Waals surface area (Å²) in [5, 5.41) is 3.27. The van der Waals surface area contributed by atoms with E-state index in [1.807, 2.05) is 12.1 Å². The van der Waals surface area contributed by atoms with Crippen LogP contribution in [-0.4, -0.2) is 4.99 Å². The number of halogens is 4. The van der Waals surface area contributed by atoms with E-state index < -0.39 is 17.6 Å². The zero-order chi connectivity index (χ0) is 18.5. The molecule has 1 fully saturated rings. The van der Waals surface area contributed by atoms with Crippen LogP contribution in [0, 0.1) is 5.82 Å². The molecule has 0 unspecified atom stereocenters. The van der Waals surface area contributed by atoms with Crippen molar-refractivity contribution in [3.05, 3.63) is 53.3 Å². The number of benzene rings is 2. The van der Waals surface area contributed by atoms with Crippen LogP contribution in [0.1, 0.15) is 43.2 Å². The Balaban J connectivity index is 1.81. The normalized spacial score (nSPS) is 18.7. The second-order valence-electron chi connectivity index (χ2n) is 7.05. The van der Waals surface area contributed by atoms with Crippen molar-refractivity contribution in [1.29, 1.82) is 0 Å². The summed E-state index contributed by atoms with van der Waals surface area (Å²) in [4.78, 5) is 0.805. The monoisotopic (exact) mass is 379 g/mol. The molecule has 0 amide bonds. The van der Waals surface area contributed by atoms with Gasteiger partial charge in [-0.1, -0.05) is 43.6 Å². The van der Waals surface area contributed by atoms with E-state index in [9.17, 15) is 17.6 Å². The van der Waals surface area contributed by atoms with Gasteiger partial charge in [0, 0.05) is 11.1 Å². The number of hydrogen-bond acceptors (Lipinski definition) is 1. The maximum atomic E-state index is 13.6. The average molecular weight is 379 g/mol. The fourth-order valence-corrected chi connectivity index (χ4v) is 4.59. The Labute approximate surface area is 154 Å². The highest BCUT2D eigenvalue weighted by Gasteiger charge is 2.44. The van der Waals surface area contributed by atoms with Crippen molar-refractivity contribution in [2.75, 3.05) is 5.32 Å². The topological polar surface area (TPSA) is 12.0 Å². The summed E-state index contributed by atoms with van der Waals surface area (Å²) in [6, 6.07) is 8.68. The molecule has 0 saturated heterocycles. The van der Waals surface area contributed by atoms with Crippen LogP contribution < -0.4 is 5.32 Å². The standard InChI is InChI=1S/C20H17F4NS/c21-16-6-4-12(10-14(16)20(22,23)24)13-5-7-17-15(11-13)19(18(26)25-17)8-2-1-3-9-19/h4-7,10-11H,1-3,8-9H2,(H,25,26). The molecule has 1 nitrogen and oxygen atoms in total. The Morgan fingerprint density at radius 2 is 1.58 bits per heavy atom. The average Bonchev–Trinajstić information content (AvgIpc) is 2.86. The summed E-state index contributed by atoms with van der Waals surface area (Å²) >= 11 is 5.59. The molecule has 1 N–H and O–H groups in total. The maximum absolute atomic E-state index is 13.6. The fourth-order valence-electron chi connectivity index (χ4n) is 4.17. The Hall–Kier alpha value is -1.95. The number of thiocarbonyl (C=S) groups is 1. The van der Waals surface area contributed by atoms with E-state index in [2.05, 4.69) is 5.32 Å². The molecule has 1 aliphatic carbocycles. The molecule has 1 heterocycles. The first-order valence-corrected chi connectivity index (χ1v) is 9.05. The quantitative estimate of drug-likeness (QED) is 0.450. The van der Waals surface area contributed by atoms with Crippen molar-refractivity contribution in [3.8, 4) is 11.1 Å². The molecule has 2 aliphatic rings. The van der Waals surface area contributed by atoms with Crippen LogP contribution >= 0.6 is 12.2 Å². The van der Waals surface area contributed by atoms with Gasteiger partial charge in [0.05, 0.1) is 10.6 Å². The van der Waals surface area contributed by atoms with Gasteiger partial charge in [0.2, 0.25) is 0 Å². The molecule has 4 rings (SSSR count). The summed E-state index contributed by atoms with van der Waals surface area (Å²) < 4.78 is 52.7. The highest BCUT2D eigenvalue weighted by molar-refractivity contribution is 7.80. The smallest absolute Gasteiger partial charge is 0.349 e. The molecule has 26 heavy (non-hydrogen) atoms. The van der Waals surface area contributed by atoms with E-state index in [1.165, 1.54) is 12.5 Å². The summed E-state index contributed by atoms with van der Waals surface area (Å²) in [5.74, 6) is -1.26. The van der Waals surface area contributed by atoms with Gasteiger partial charge in [-0.2, -0.15) is 13.2 Å². The number of fused-ring (bicyclic) bond motifs is 2. The summed E-state index contributed by atoms with van der Waals surface area (Å²) in [5.41, 5.74) is 1.52. The van der Waals surface area contributed by atoms with E-state index >= 15 is 0 Å². The lowest BCUT2D eigenvalue weighted by atomic mass is 9.70. The van der Waals surface area contributed by atoms with Crippen LogP contribution in [0.4, 0.5) is 23.2 Å². The van der Waals surface area contributed by atoms with Gasteiger partial charge >= 0.3 is 6.18 Å². The minimum atomic E-state index is -4.72. The van der Waals surface area contributed by atoms with Crippen LogP contribution in [0.5, 0.6) is 0 Å². The molecular formula is C20H17F4NS. The number of nitrogens with one attached hydrogen (secondary N) is 1. The first kappa shape index (κ1) is 17.5. The van der Waals surface area contributed by atoms with Crippen molar-refractivity contribution >= 4 is 22.9 Å². The lowest BCUT2D eigenvalue weighted by Gasteiger charge is -2.33. The molecule has 0 bridgehead atoms. The number of rotatable bonds is 1. The Morgan fingerprint density at radius 1 is 0.923 bits per heavy atom. The van der Waals surface area contributed by atoms with Crippen molar-refractivity contribution in [3.63, 3.8) is 0 Å². The van der Waals surface area contributed by atoms with Crippen molar-refractivity contribution in [1.82, 2.24) is 0 Å². The molecule has 1 saturated carbocycles. The van der Waals surface area contributed by atoms with Crippen LogP contribution in [0.3, 0.4) is 0 Å². The largest absolute Gasteiger partial charge is 0.419 e. The Bertz CT molecular complexity index is 882. The van der Waals surface area contributed by atoms with Gasteiger partial charge in [0.1, 0.15) is 5.82 Å².